The molecular weight excluding hydrogens is 374 g/mol. The number of hydrogen-bond acceptors (Lipinski definition) is 5. The molecule has 1 saturated heterocycles. The second-order valence-electron chi connectivity index (χ2n) is 6.53. The first kappa shape index (κ1) is 20.3. The maximum absolute atomic E-state index is 12.6. The van der Waals surface area contributed by atoms with Gasteiger partial charge in [0.1, 0.15) is 12.4 Å². The van der Waals surface area contributed by atoms with Gasteiger partial charge in [0.05, 0.1) is 17.9 Å². The van der Waals surface area contributed by atoms with Crippen LogP contribution in [0.2, 0.25) is 0 Å². The molecule has 1 heterocycles. The van der Waals surface area contributed by atoms with E-state index in [0.29, 0.717) is 17.9 Å². The van der Waals surface area contributed by atoms with E-state index in [1.54, 1.807) is 12.1 Å². The number of hydrogen-bond donors (Lipinski definition) is 0. The van der Waals surface area contributed by atoms with Crippen molar-refractivity contribution in [3.8, 4) is 5.75 Å². The lowest BCUT2D eigenvalue weighted by molar-refractivity contribution is -0.127. The molecule has 1 aliphatic rings. The highest BCUT2D eigenvalue weighted by Crippen LogP contribution is 2.25. The van der Waals surface area contributed by atoms with Gasteiger partial charge in [-0.3, -0.25) is 4.79 Å². The summed E-state index contributed by atoms with van der Waals surface area (Å²) in [4.78, 5) is 27.5. The van der Waals surface area contributed by atoms with Gasteiger partial charge in [-0.2, -0.15) is 0 Å². The summed E-state index contributed by atoms with van der Waals surface area (Å²) in [5, 5.41) is 0. The molecule has 1 aliphatic heterocycles. The number of benzene rings is 2. The van der Waals surface area contributed by atoms with Crippen LogP contribution in [0.25, 0.3) is 0 Å². The summed E-state index contributed by atoms with van der Waals surface area (Å²) in [6.45, 7) is 4.42. The third-order valence-electron chi connectivity index (χ3n) is 4.52. The number of carbonyl (C=O) groups excluding carboxylic acids is 2. The van der Waals surface area contributed by atoms with Gasteiger partial charge in [0.25, 0.3) is 0 Å². The summed E-state index contributed by atoms with van der Waals surface area (Å²) in [6.07, 6.45) is 2.15. The van der Waals surface area contributed by atoms with Crippen LogP contribution in [0.3, 0.4) is 0 Å². The fourth-order valence-corrected chi connectivity index (χ4v) is 3.98. The van der Waals surface area contributed by atoms with Gasteiger partial charge in [0.2, 0.25) is 5.91 Å². The van der Waals surface area contributed by atoms with Crippen molar-refractivity contribution < 1.29 is 19.1 Å². The Hall–Kier alpha value is -2.47. The Morgan fingerprint density at radius 1 is 1.04 bits per heavy atom. The minimum absolute atomic E-state index is 0.125. The molecule has 1 fully saturated rings. The van der Waals surface area contributed by atoms with Gasteiger partial charge in [-0.15, -0.1) is 11.8 Å². The van der Waals surface area contributed by atoms with E-state index in [0.717, 1.165) is 42.1 Å². The number of thioether (sulfide) groups is 1. The van der Waals surface area contributed by atoms with Gasteiger partial charge >= 0.3 is 5.97 Å². The normalized spacial score (nSPS) is 13.4. The van der Waals surface area contributed by atoms with Crippen molar-refractivity contribution in [2.24, 2.45) is 0 Å². The molecule has 0 aromatic heterocycles. The first-order chi connectivity index (χ1) is 13.7. The SMILES string of the molecule is CCOc1ccc(COC(=O)c2ccccc2SCC(=O)N2CCCC2)cc1. The fourth-order valence-electron chi connectivity index (χ4n) is 3.03. The Kier molecular flexibility index (Phi) is 7.37. The molecule has 0 atom stereocenters. The fraction of sp³-hybridized carbons (Fsp3) is 0.364. The predicted octanol–water partition coefficient (Wildman–Crippen LogP) is 4.16. The molecule has 3 rings (SSSR count). The number of amides is 1. The summed E-state index contributed by atoms with van der Waals surface area (Å²) in [5.41, 5.74) is 1.39. The monoisotopic (exact) mass is 399 g/mol. The van der Waals surface area contributed by atoms with Crippen LogP contribution in [-0.2, 0) is 16.1 Å². The molecule has 28 heavy (non-hydrogen) atoms. The van der Waals surface area contributed by atoms with Gasteiger partial charge in [0, 0.05) is 18.0 Å². The van der Waals surface area contributed by atoms with E-state index in [-0.39, 0.29) is 18.5 Å². The van der Waals surface area contributed by atoms with Gasteiger partial charge in [-0.05, 0) is 49.6 Å². The molecule has 0 radical (unpaired) electrons. The molecule has 0 unspecified atom stereocenters. The van der Waals surface area contributed by atoms with Crippen LogP contribution in [0.4, 0.5) is 0 Å². The number of carbonyl (C=O) groups is 2. The zero-order valence-electron chi connectivity index (χ0n) is 16.1. The molecule has 2 aromatic rings. The first-order valence-corrected chi connectivity index (χ1v) is 10.5. The summed E-state index contributed by atoms with van der Waals surface area (Å²) < 4.78 is 10.9. The molecule has 1 amide bonds. The van der Waals surface area contributed by atoms with E-state index in [1.165, 1.54) is 11.8 Å². The van der Waals surface area contributed by atoms with E-state index in [4.69, 9.17) is 9.47 Å². The zero-order valence-corrected chi connectivity index (χ0v) is 16.9. The quantitative estimate of drug-likeness (QED) is 0.493. The average Bonchev–Trinajstić information content (AvgIpc) is 3.27. The van der Waals surface area contributed by atoms with Gasteiger partial charge in [-0.25, -0.2) is 4.79 Å². The molecule has 0 aliphatic carbocycles. The maximum atomic E-state index is 12.6. The van der Waals surface area contributed by atoms with Crippen LogP contribution >= 0.6 is 11.8 Å². The van der Waals surface area contributed by atoms with Gasteiger partial charge < -0.3 is 14.4 Å². The highest BCUT2D eigenvalue weighted by atomic mass is 32.2. The molecule has 0 N–H and O–H groups in total. The highest BCUT2D eigenvalue weighted by molar-refractivity contribution is 8.00. The maximum Gasteiger partial charge on any atom is 0.339 e. The average molecular weight is 400 g/mol. The minimum atomic E-state index is -0.384. The summed E-state index contributed by atoms with van der Waals surface area (Å²) in [6, 6.07) is 14.8. The smallest absolute Gasteiger partial charge is 0.339 e. The third kappa shape index (κ3) is 5.52. The lowest BCUT2D eigenvalue weighted by Gasteiger charge is -2.15. The van der Waals surface area contributed by atoms with Crippen molar-refractivity contribution in [3.63, 3.8) is 0 Å². The summed E-state index contributed by atoms with van der Waals surface area (Å²) in [7, 11) is 0. The van der Waals surface area contributed by atoms with Crippen molar-refractivity contribution in [1.29, 1.82) is 0 Å². The van der Waals surface area contributed by atoms with Gasteiger partial charge in [0.15, 0.2) is 0 Å². The van der Waals surface area contributed by atoms with Crippen LogP contribution < -0.4 is 4.74 Å². The molecule has 2 aromatic carbocycles. The molecular formula is C22H25NO4S. The number of esters is 1. The van der Waals surface area contributed by atoms with Crippen molar-refractivity contribution in [2.45, 2.75) is 31.3 Å². The lowest BCUT2D eigenvalue weighted by atomic mass is 10.2. The number of rotatable bonds is 8. The molecule has 6 heteroatoms. The molecule has 5 nitrogen and oxygen atoms in total. The Morgan fingerprint density at radius 2 is 1.75 bits per heavy atom. The van der Waals surface area contributed by atoms with Crippen LogP contribution in [-0.4, -0.2) is 42.2 Å². The van der Waals surface area contributed by atoms with E-state index in [9.17, 15) is 9.59 Å². The van der Waals surface area contributed by atoms with Crippen molar-refractivity contribution in [1.82, 2.24) is 4.90 Å². The van der Waals surface area contributed by atoms with Crippen LogP contribution in [0.5, 0.6) is 5.75 Å². The highest BCUT2D eigenvalue weighted by Gasteiger charge is 2.19. The summed E-state index contributed by atoms with van der Waals surface area (Å²) in [5.74, 6) is 0.871. The van der Waals surface area contributed by atoms with E-state index < -0.39 is 0 Å². The Morgan fingerprint density at radius 3 is 2.46 bits per heavy atom. The largest absolute Gasteiger partial charge is 0.494 e. The Balaban J connectivity index is 1.56. The molecule has 0 spiro atoms. The van der Waals surface area contributed by atoms with Crippen LogP contribution in [0, 0.1) is 0 Å². The Bertz CT molecular complexity index is 800. The minimum Gasteiger partial charge on any atom is -0.494 e. The molecule has 0 saturated carbocycles. The zero-order chi connectivity index (χ0) is 19.8. The topological polar surface area (TPSA) is 55.8 Å². The predicted molar refractivity (Wildman–Crippen MR) is 110 cm³/mol. The number of nitrogens with zero attached hydrogens (tertiary/aromatic N) is 1. The lowest BCUT2D eigenvalue weighted by Crippen LogP contribution is -2.29. The number of likely N-dealkylation sites (tertiary alicyclic amines) is 1. The number of ether oxygens (including phenoxy) is 2. The van der Waals surface area contributed by atoms with E-state index >= 15 is 0 Å². The Labute approximate surface area is 170 Å². The van der Waals surface area contributed by atoms with Crippen LogP contribution in [0.15, 0.2) is 53.4 Å². The first-order valence-electron chi connectivity index (χ1n) is 9.56. The van der Waals surface area contributed by atoms with E-state index in [1.807, 2.05) is 48.2 Å². The third-order valence-corrected chi connectivity index (χ3v) is 5.58. The molecule has 148 valence electrons. The summed E-state index contributed by atoms with van der Waals surface area (Å²) >= 11 is 1.39. The van der Waals surface area contributed by atoms with Crippen molar-refractivity contribution in [3.05, 3.63) is 59.7 Å². The standard InChI is InChI=1S/C22H25NO4S/c1-2-26-18-11-9-17(10-12-18)15-27-22(25)19-7-3-4-8-20(19)28-16-21(24)23-13-5-6-14-23/h3-4,7-12H,2,5-6,13-16H2,1H3. The van der Waals surface area contributed by atoms with Crippen LogP contribution in [0.1, 0.15) is 35.7 Å². The second-order valence-corrected chi connectivity index (χ2v) is 7.54. The van der Waals surface area contributed by atoms with Crippen molar-refractivity contribution >= 4 is 23.6 Å². The van der Waals surface area contributed by atoms with Crippen molar-refractivity contribution in [2.75, 3.05) is 25.4 Å². The molecule has 0 bridgehead atoms. The van der Waals surface area contributed by atoms with Gasteiger partial charge in [-0.1, -0.05) is 24.3 Å². The second kappa shape index (κ2) is 10.2. The van der Waals surface area contributed by atoms with E-state index in [2.05, 4.69) is 0 Å².